The molecule has 0 aliphatic heterocycles. The van der Waals surface area contributed by atoms with Gasteiger partial charge in [0, 0.05) is 16.5 Å². The van der Waals surface area contributed by atoms with Gasteiger partial charge in [0.25, 0.3) is 5.91 Å². The van der Waals surface area contributed by atoms with E-state index in [1.54, 1.807) is 44.2 Å². The molecular formula is C21H25BrNO6P. The highest BCUT2D eigenvalue weighted by atomic mass is 79.9. The molecular weight excluding hydrogens is 473 g/mol. The van der Waals surface area contributed by atoms with E-state index in [2.05, 4.69) is 21.2 Å². The molecule has 0 fully saturated rings. The molecule has 2 rings (SSSR count). The Labute approximate surface area is 184 Å². The number of amides is 1. The maximum absolute atomic E-state index is 12.6. The number of carboxylic acid groups (broad SMARTS) is 1. The first-order valence-electron chi connectivity index (χ1n) is 9.52. The Bertz CT molecular complexity index is 908. The van der Waals surface area contributed by atoms with Crippen molar-refractivity contribution in [3.8, 4) is 0 Å². The van der Waals surface area contributed by atoms with E-state index in [0.717, 1.165) is 10.0 Å². The second-order valence-corrected chi connectivity index (χ2v) is 9.37. The summed E-state index contributed by atoms with van der Waals surface area (Å²) >= 11 is 3.39. The Morgan fingerprint density at radius 1 is 1.07 bits per heavy atom. The largest absolute Gasteiger partial charge is 0.480 e. The van der Waals surface area contributed by atoms with Crippen molar-refractivity contribution in [3.63, 3.8) is 0 Å². The van der Waals surface area contributed by atoms with Crippen LogP contribution < -0.4 is 5.32 Å². The fraction of sp³-hybridized carbons (Fsp3) is 0.333. The molecule has 0 bridgehead atoms. The van der Waals surface area contributed by atoms with Gasteiger partial charge in [0.15, 0.2) is 0 Å². The van der Waals surface area contributed by atoms with Gasteiger partial charge in [0.05, 0.1) is 19.4 Å². The van der Waals surface area contributed by atoms with Gasteiger partial charge < -0.3 is 19.5 Å². The number of nitrogens with one attached hydrogen (secondary N) is 1. The van der Waals surface area contributed by atoms with Crippen molar-refractivity contribution in [1.82, 2.24) is 5.32 Å². The van der Waals surface area contributed by atoms with Crippen LogP contribution in [0.4, 0.5) is 0 Å². The van der Waals surface area contributed by atoms with Crippen LogP contribution in [0.2, 0.25) is 0 Å². The first-order valence-corrected chi connectivity index (χ1v) is 12.0. The number of halogens is 1. The van der Waals surface area contributed by atoms with Crippen LogP contribution in [0, 0.1) is 0 Å². The number of aliphatic carboxylic acids is 1. The van der Waals surface area contributed by atoms with E-state index < -0.39 is 25.5 Å². The van der Waals surface area contributed by atoms with Gasteiger partial charge in [0.1, 0.15) is 6.04 Å². The Morgan fingerprint density at radius 2 is 1.67 bits per heavy atom. The molecule has 7 nitrogen and oxygen atoms in total. The van der Waals surface area contributed by atoms with Crippen LogP contribution in [0.1, 0.15) is 35.3 Å². The number of carbonyl (C=O) groups is 2. The lowest BCUT2D eigenvalue weighted by molar-refractivity contribution is -0.139. The summed E-state index contributed by atoms with van der Waals surface area (Å²) in [5.41, 5.74) is 1.78. The predicted molar refractivity (Wildman–Crippen MR) is 118 cm³/mol. The molecule has 0 unspecified atom stereocenters. The maximum atomic E-state index is 12.6. The molecule has 2 N–H and O–H groups in total. The summed E-state index contributed by atoms with van der Waals surface area (Å²) in [5, 5.41) is 12.1. The molecule has 30 heavy (non-hydrogen) atoms. The Hall–Kier alpha value is -1.99. The third-order valence-electron chi connectivity index (χ3n) is 4.23. The topological polar surface area (TPSA) is 102 Å². The summed E-state index contributed by atoms with van der Waals surface area (Å²) in [6.07, 6.45) is 0.239. The molecule has 0 saturated heterocycles. The second kappa shape index (κ2) is 11.4. The highest BCUT2D eigenvalue weighted by Crippen LogP contribution is 2.51. The zero-order valence-electron chi connectivity index (χ0n) is 16.8. The minimum absolute atomic E-state index is 0.0936. The SMILES string of the molecule is CCOP(=O)(Cc1ccc(C(=O)N[C@H](Cc2ccccc2Br)C(=O)O)cc1)OCC. The Balaban J connectivity index is 2.07. The average molecular weight is 498 g/mol. The van der Waals surface area contributed by atoms with Gasteiger partial charge >= 0.3 is 13.6 Å². The number of carboxylic acids is 1. The van der Waals surface area contributed by atoms with E-state index in [1.807, 2.05) is 18.2 Å². The monoisotopic (exact) mass is 497 g/mol. The smallest absolute Gasteiger partial charge is 0.335 e. The molecule has 2 aromatic rings. The van der Waals surface area contributed by atoms with Crippen LogP contribution in [0.3, 0.4) is 0 Å². The maximum Gasteiger partial charge on any atom is 0.335 e. The summed E-state index contributed by atoms with van der Waals surface area (Å²) in [6, 6.07) is 12.6. The molecule has 162 valence electrons. The molecule has 1 atom stereocenters. The van der Waals surface area contributed by atoms with Crippen molar-refractivity contribution in [3.05, 3.63) is 69.7 Å². The normalized spacial score (nSPS) is 12.4. The molecule has 0 radical (unpaired) electrons. The number of hydrogen-bond acceptors (Lipinski definition) is 5. The standard InChI is InChI=1S/C21H25BrNO6P/c1-3-28-30(27,29-4-2)14-15-9-11-16(12-10-15)20(24)23-19(21(25)26)13-17-7-5-6-8-18(17)22/h5-12,19H,3-4,13-14H2,1-2H3,(H,23,24)(H,25,26)/t19-/m1/s1. The Kier molecular flexibility index (Phi) is 9.24. The van der Waals surface area contributed by atoms with Gasteiger partial charge in [0.2, 0.25) is 0 Å². The van der Waals surface area contributed by atoms with Crippen LogP contribution in [-0.4, -0.2) is 36.2 Å². The zero-order valence-corrected chi connectivity index (χ0v) is 19.3. The second-order valence-electron chi connectivity index (χ2n) is 6.46. The first-order chi connectivity index (χ1) is 14.3. The van der Waals surface area contributed by atoms with Crippen molar-refractivity contribution in [1.29, 1.82) is 0 Å². The number of rotatable bonds is 11. The van der Waals surface area contributed by atoms with Crippen molar-refractivity contribution in [2.75, 3.05) is 13.2 Å². The van der Waals surface area contributed by atoms with Gasteiger partial charge in [-0.25, -0.2) is 4.79 Å². The van der Waals surface area contributed by atoms with Gasteiger partial charge in [-0.3, -0.25) is 9.36 Å². The molecule has 0 aromatic heterocycles. The van der Waals surface area contributed by atoms with E-state index >= 15 is 0 Å². The van der Waals surface area contributed by atoms with Crippen molar-refractivity contribution < 1.29 is 28.3 Å². The summed E-state index contributed by atoms with van der Waals surface area (Å²) in [5.74, 6) is -1.62. The molecule has 0 heterocycles. The van der Waals surface area contributed by atoms with Crippen LogP contribution in [0.5, 0.6) is 0 Å². The third-order valence-corrected chi connectivity index (χ3v) is 7.06. The van der Waals surface area contributed by atoms with Crippen LogP contribution in [0.15, 0.2) is 53.0 Å². The quantitative estimate of drug-likeness (QED) is 0.438. The van der Waals surface area contributed by atoms with Crippen LogP contribution >= 0.6 is 23.5 Å². The minimum atomic E-state index is -3.24. The molecule has 9 heteroatoms. The summed E-state index contributed by atoms with van der Waals surface area (Å²) in [6.45, 7) is 4.02. The fourth-order valence-electron chi connectivity index (χ4n) is 2.83. The van der Waals surface area contributed by atoms with Gasteiger partial charge in [-0.15, -0.1) is 0 Å². The van der Waals surface area contributed by atoms with Gasteiger partial charge in [-0.2, -0.15) is 0 Å². The highest BCUT2D eigenvalue weighted by Gasteiger charge is 2.25. The lowest BCUT2D eigenvalue weighted by atomic mass is 10.1. The number of benzene rings is 2. The Morgan fingerprint density at radius 3 is 2.20 bits per heavy atom. The molecule has 0 aliphatic rings. The molecule has 0 aliphatic carbocycles. The summed E-state index contributed by atoms with van der Waals surface area (Å²) < 4.78 is 24.0. The number of hydrogen-bond donors (Lipinski definition) is 2. The van der Waals surface area contributed by atoms with Gasteiger partial charge in [-0.1, -0.05) is 46.3 Å². The van der Waals surface area contributed by atoms with E-state index in [-0.39, 0.29) is 25.8 Å². The van der Waals surface area contributed by atoms with Crippen molar-refractivity contribution in [2.24, 2.45) is 0 Å². The van der Waals surface area contributed by atoms with Crippen LogP contribution in [-0.2, 0) is 31.0 Å². The third kappa shape index (κ3) is 7.06. The summed E-state index contributed by atoms with van der Waals surface area (Å²) in [4.78, 5) is 24.2. The van der Waals surface area contributed by atoms with Crippen LogP contribution in [0.25, 0.3) is 0 Å². The molecule has 2 aromatic carbocycles. The van der Waals surface area contributed by atoms with E-state index in [4.69, 9.17) is 9.05 Å². The molecule has 0 saturated carbocycles. The van der Waals surface area contributed by atoms with E-state index in [9.17, 15) is 19.3 Å². The van der Waals surface area contributed by atoms with E-state index in [1.165, 1.54) is 0 Å². The fourth-order valence-corrected chi connectivity index (χ4v) is 4.98. The lowest BCUT2D eigenvalue weighted by Crippen LogP contribution is -2.42. The molecule has 1 amide bonds. The first kappa shape index (κ1) is 24.3. The average Bonchev–Trinajstić information content (AvgIpc) is 2.69. The predicted octanol–water partition coefficient (Wildman–Crippen LogP) is 4.64. The zero-order chi connectivity index (χ0) is 22.1. The minimum Gasteiger partial charge on any atom is -0.480 e. The van der Waals surface area contributed by atoms with Crippen molar-refractivity contribution >= 4 is 35.4 Å². The van der Waals surface area contributed by atoms with Crippen molar-refractivity contribution in [2.45, 2.75) is 32.5 Å². The van der Waals surface area contributed by atoms with E-state index in [0.29, 0.717) is 11.1 Å². The molecule has 0 spiro atoms. The highest BCUT2D eigenvalue weighted by molar-refractivity contribution is 9.10. The van der Waals surface area contributed by atoms with Gasteiger partial charge in [-0.05, 0) is 43.2 Å². The number of carbonyl (C=O) groups excluding carboxylic acids is 1. The lowest BCUT2D eigenvalue weighted by Gasteiger charge is -2.17. The summed E-state index contributed by atoms with van der Waals surface area (Å²) in [7, 11) is -3.24.